The molecule has 34 heavy (non-hydrogen) atoms. The smallest absolute Gasteiger partial charge is 0.416 e. The number of carbonyl (C=O) groups excluding carboxylic acids is 2. The summed E-state index contributed by atoms with van der Waals surface area (Å²) in [4.78, 5) is 32.3. The van der Waals surface area contributed by atoms with E-state index < -0.39 is 11.7 Å². The quantitative estimate of drug-likeness (QED) is 0.521. The molecule has 2 aromatic carbocycles. The minimum Gasteiger partial charge on any atom is -0.488 e. The maximum Gasteiger partial charge on any atom is 0.416 e. The molecule has 2 heterocycles. The van der Waals surface area contributed by atoms with Crippen molar-refractivity contribution in [3.8, 4) is 16.3 Å². The fourth-order valence-electron chi connectivity index (χ4n) is 3.60. The minimum absolute atomic E-state index is 0.00375. The molecule has 10 heteroatoms. The maximum absolute atomic E-state index is 12.9. The number of hydrogen-bond donors (Lipinski definition) is 0. The van der Waals surface area contributed by atoms with Crippen molar-refractivity contribution in [1.29, 1.82) is 0 Å². The van der Waals surface area contributed by atoms with Crippen molar-refractivity contribution in [1.82, 2.24) is 14.8 Å². The Bertz CT molecular complexity index is 1170. The van der Waals surface area contributed by atoms with Crippen LogP contribution < -0.4 is 4.74 Å². The van der Waals surface area contributed by atoms with Crippen LogP contribution in [0.2, 0.25) is 0 Å². The standard InChI is InChI=1S/C24H22F3N3O3S/c1-16(31)29-10-12-30(13-11-29)23(32)20-15-34-22(28-20)19-4-2-3-5-21(19)33-14-17-6-8-18(9-7-17)24(25,26)27/h2-9,15H,10-14H2,1H3. The van der Waals surface area contributed by atoms with E-state index in [0.29, 0.717) is 53.8 Å². The Morgan fingerprint density at radius 2 is 1.65 bits per heavy atom. The normalized spacial score (nSPS) is 14.2. The lowest BCUT2D eigenvalue weighted by Gasteiger charge is -2.33. The predicted molar refractivity (Wildman–Crippen MR) is 121 cm³/mol. The number of hydrogen-bond acceptors (Lipinski definition) is 5. The lowest BCUT2D eigenvalue weighted by atomic mass is 10.1. The molecular formula is C24H22F3N3O3S. The molecule has 0 spiro atoms. The van der Waals surface area contributed by atoms with E-state index in [1.807, 2.05) is 12.1 Å². The van der Waals surface area contributed by atoms with Crippen molar-refractivity contribution in [2.75, 3.05) is 26.2 Å². The van der Waals surface area contributed by atoms with Crippen molar-refractivity contribution in [3.63, 3.8) is 0 Å². The molecule has 3 aromatic rings. The Morgan fingerprint density at radius 3 is 2.29 bits per heavy atom. The van der Waals surface area contributed by atoms with Gasteiger partial charge in [0.25, 0.3) is 5.91 Å². The summed E-state index contributed by atoms with van der Waals surface area (Å²) in [5.74, 6) is 0.329. The highest BCUT2D eigenvalue weighted by Gasteiger charge is 2.30. The van der Waals surface area contributed by atoms with Crippen LogP contribution in [-0.2, 0) is 17.6 Å². The van der Waals surface area contributed by atoms with Gasteiger partial charge in [-0.3, -0.25) is 9.59 Å². The monoisotopic (exact) mass is 489 g/mol. The molecule has 0 unspecified atom stereocenters. The summed E-state index contributed by atoms with van der Waals surface area (Å²) in [7, 11) is 0. The van der Waals surface area contributed by atoms with Gasteiger partial charge in [0.2, 0.25) is 5.91 Å². The summed E-state index contributed by atoms with van der Waals surface area (Å²) in [6, 6.07) is 12.0. The number of amides is 2. The summed E-state index contributed by atoms with van der Waals surface area (Å²) in [6.45, 7) is 3.52. The van der Waals surface area contributed by atoms with Gasteiger partial charge in [0.1, 0.15) is 23.1 Å². The summed E-state index contributed by atoms with van der Waals surface area (Å²) < 4.78 is 44.2. The van der Waals surface area contributed by atoms with Crippen LogP contribution in [0, 0.1) is 0 Å². The fraction of sp³-hybridized carbons (Fsp3) is 0.292. The van der Waals surface area contributed by atoms with Crippen LogP contribution in [0.1, 0.15) is 28.5 Å². The number of aromatic nitrogens is 1. The number of para-hydroxylation sites is 1. The van der Waals surface area contributed by atoms with E-state index in [1.165, 1.54) is 30.4 Å². The second-order valence-electron chi connectivity index (χ2n) is 7.82. The first-order chi connectivity index (χ1) is 16.2. The number of rotatable bonds is 5. The van der Waals surface area contributed by atoms with Crippen molar-refractivity contribution in [3.05, 3.63) is 70.7 Å². The number of ether oxygens (including phenoxy) is 1. The molecule has 0 radical (unpaired) electrons. The van der Waals surface area contributed by atoms with Crippen LogP contribution in [0.15, 0.2) is 53.9 Å². The highest BCUT2D eigenvalue weighted by atomic mass is 32.1. The zero-order valence-corrected chi connectivity index (χ0v) is 19.2. The molecule has 0 atom stereocenters. The SMILES string of the molecule is CC(=O)N1CCN(C(=O)c2csc(-c3ccccc3OCc3ccc(C(F)(F)F)cc3)n2)CC1. The third-order valence-electron chi connectivity index (χ3n) is 5.53. The predicted octanol–water partition coefficient (Wildman–Crippen LogP) is 4.71. The van der Waals surface area contributed by atoms with Gasteiger partial charge in [-0.05, 0) is 29.8 Å². The Kier molecular flexibility index (Phi) is 6.87. The largest absolute Gasteiger partial charge is 0.488 e. The molecule has 1 aromatic heterocycles. The van der Waals surface area contributed by atoms with E-state index in [-0.39, 0.29) is 18.4 Å². The Balaban J connectivity index is 1.44. The van der Waals surface area contributed by atoms with Gasteiger partial charge in [-0.25, -0.2) is 4.98 Å². The summed E-state index contributed by atoms with van der Waals surface area (Å²) in [5.41, 5.74) is 0.913. The van der Waals surface area contributed by atoms with Gasteiger partial charge in [-0.1, -0.05) is 24.3 Å². The Hall–Kier alpha value is -3.40. The summed E-state index contributed by atoms with van der Waals surface area (Å²) in [5, 5.41) is 2.30. The van der Waals surface area contributed by atoms with Crippen molar-refractivity contribution >= 4 is 23.2 Å². The van der Waals surface area contributed by atoms with Crippen molar-refractivity contribution < 1.29 is 27.5 Å². The first kappa shape index (κ1) is 23.7. The van der Waals surface area contributed by atoms with E-state index in [9.17, 15) is 22.8 Å². The molecule has 1 aliphatic rings. The van der Waals surface area contributed by atoms with Gasteiger partial charge < -0.3 is 14.5 Å². The van der Waals surface area contributed by atoms with Gasteiger partial charge in [0.15, 0.2) is 0 Å². The van der Waals surface area contributed by atoms with Crippen molar-refractivity contribution in [2.24, 2.45) is 0 Å². The number of alkyl halides is 3. The van der Waals surface area contributed by atoms with E-state index in [4.69, 9.17) is 4.74 Å². The molecule has 1 saturated heterocycles. The number of carbonyl (C=O) groups is 2. The van der Waals surface area contributed by atoms with Gasteiger partial charge in [0.05, 0.1) is 11.1 Å². The molecular weight excluding hydrogens is 467 g/mol. The number of thiazole rings is 1. The highest BCUT2D eigenvalue weighted by molar-refractivity contribution is 7.13. The topological polar surface area (TPSA) is 62.7 Å². The van der Waals surface area contributed by atoms with E-state index in [2.05, 4.69) is 4.98 Å². The van der Waals surface area contributed by atoms with Crippen molar-refractivity contribution in [2.45, 2.75) is 19.7 Å². The summed E-state index contributed by atoms with van der Waals surface area (Å²) >= 11 is 1.31. The van der Waals surface area contributed by atoms with Crippen LogP contribution in [-0.4, -0.2) is 52.8 Å². The second-order valence-corrected chi connectivity index (χ2v) is 8.67. The highest BCUT2D eigenvalue weighted by Crippen LogP contribution is 2.33. The molecule has 1 aliphatic heterocycles. The number of halogens is 3. The molecule has 2 amide bonds. The van der Waals surface area contributed by atoms with Crippen LogP contribution in [0.4, 0.5) is 13.2 Å². The van der Waals surface area contributed by atoms with E-state index in [1.54, 1.807) is 27.3 Å². The molecule has 6 nitrogen and oxygen atoms in total. The molecule has 1 fully saturated rings. The van der Waals surface area contributed by atoms with Crippen LogP contribution in [0.3, 0.4) is 0 Å². The average Bonchev–Trinajstić information content (AvgIpc) is 3.32. The number of benzene rings is 2. The third-order valence-corrected chi connectivity index (χ3v) is 6.40. The van der Waals surface area contributed by atoms with Gasteiger partial charge in [-0.2, -0.15) is 13.2 Å². The fourth-order valence-corrected chi connectivity index (χ4v) is 4.43. The molecule has 0 aliphatic carbocycles. The molecule has 0 saturated carbocycles. The maximum atomic E-state index is 12.9. The average molecular weight is 490 g/mol. The van der Waals surface area contributed by atoms with Crippen LogP contribution in [0.5, 0.6) is 5.75 Å². The molecule has 4 rings (SSSR count). The minimum atomic E-state index is -4.38. The summed E-state index contributed by atoms with van der Waals surface area (Å²) in [6.07, 6.45) is -4.38. The van der Waals surface area contributed by atoms with E-state index >= 15 is 0 Å². The van der Waals surface area contributed by atoms with Crippen LogP contribution in [0.25, 0.3) is 10.6 Å². The zero-order chi connectivity index (χ0) is 24.3. The molecule has 178 valence electrons. The van der Waals surface area contributed by atoms with Gasteiger partial charge in [0, 0.05) is 38.5 Å². The molecule has 0 bridgehead atoms. The molecule has 0 N–H and O–H groups in total. The Morgan fingerprint density at radius 1 is 1.00 bits per heavy atom. The van der Waals surface area contributed by atoms with Crippen LogP contribution >= 0.6 is 11.3 Å². The lowest BCUT2D eigenvalue weighted by molar-refractivity contribution is -0.137. The first-order valence-corrected chi connectivity index (χ1v) is 11.5. The van der Waals surface area contributed by atoms with Gasteiger partial charge >= 0.3 is 6.18 Å². The van der Waals surface area contributed by atoms with Gasteiger partial charge in [-0.15, -0.1) is 11.3 Å². The lowest BCUT2D eigenvalue weighted by Crippen LogP contribution is -2.50. The first-order valence-electron chi connectivity index (χ1n) is 10.6. The van der Waals surface area contributed by atoms with E-state index in [0.717, 1.165) is 12.1 Å². The number of nitrogens with zero attached hydrogens (tertiary/aromatic N) is 3. The third kappa shape index (κ3) is 5.39. The zero-order valence-electron chi connectivity index (χ0n) is 18.3. The Labute approximate surface area is 198 Å². The second kappa shape index (κ2) is 9.84. The number of piperazine rings is 1.